The van der Waals surface area contributed by atoms with Crippen molar-refractivity contribution in [1.29, 1.82) is 0 Å². The van der Waals surface area contributed by atoms with Gasteiger partial charge in [0.2, 0.25) is 0 Å². The normalized spacial score (nSPS) is 10.8. The van der Waals surface area contributed by atoms with Gasteiger partial charge in [0.25, 0.3) is 0 Å². The zero-order chi connectivity index (χ0) is 12.3. The quantitative estimate of drug-likeness (QED) is 0.901. The minimum Gasteiger partial charge on any atom is -0.465 e. The highest BCUT2D eigenvalue weighted by Crippen LogP contribution is 2.23. The van der Waals surface area contributed by atoms with Gasteiger partial charge in [0.15, 0.2) is 0 Å². The molecule has 90 valence electrons. The second-order valence-electron chi connectivity index (χ2n) is 3.82. The Morgan fingerprint density at radius 3 is 2.35 bits per heavy atom. The lowest BCUT2D eigenvalue weighted by Gasteiger charge is -2.07. The zero-order valence-electron chi connectivity index (χ0n) is 9.47. The summed E-state index contributed by atoms with van der Waals surface area (Å²) in [6.07, 6.45) is 0. The first kappa shape index (κ1) is 12.5. The molecule has 4 heteroatoms. The Kier molecular flexibility index (Phi) is 4.11. The lowest BCUT2D eigenvalue weighted by atomic mass is 10.2. The highest BCUT2D eigenvalue weighted by Gasteiger charge is 2.05. The van der Waals surface area contributed by atoms with Crippen LogP contribution in [0.25, 0.3) is 0 Å². The Labute approximate surface area is 111 Å². The molecule has 1 N–H and O–H groups in total. The molecule has 0 aliphatic carbocycles. The van der Waals surface area contributed by atoms with Crippen LogP contribution in [0.4, 0.5) is 0 Å². The van der Waals surface area contributed by atoms with Crippen molar-refractivity contribution in [3.63, 3.8) is 0 Å². The van der Waals surface area contributed by atoms with Gasteiger partial charge in [-0.25, -0.2) is 0 Å². The summed E-state index contributed by atoms with van der Waals surface area (Å²) in [5.74, 6) is 1.82. The van der Waals surface area contributed by atoms with E-state index in [-0.39, 0.29) is 0 Å². The van der Waals surface area contributed by atoms with Crippen LogP contribution in [0, 0.1) is 6.92 Å². The van der Waals surface area contributed by atoms with E-state index in [0.29, 0.717) is 23.1 Å². The predicted octanol–water partition coefficient (Wildman–Crippen LogP) is 4.18. The molecule has 0 saturated heterocycles. The average Bonchev–Trinajstić information content (AvgIpc) is 2.69. The third-order valence-electron chi connectivity index (χ3n) is 2.46. The highest BCUT2D eigenvalue weighted by atomic mass is 35.5. The van der Waals surface area contributed by atoms with Crippen LogP contribution in [-0.4, -0.2) is 0 Å². The maximum absolute atomic E-state index is 6.07. The van der Waals surface area contributed by atoms with E-state index in [1.54, 1.807) is 0 Å². The molecule has 1 aromatic carbocycles. The van der Waals surface area contributed by atoms with Crippen molar-refractivity contribution in [3.8, 4) is 0 Å². The maximum Gasteiger partial charge on any atom is 0.117 e. The number of rotatable bonds is 4. The smallest absolute Gasteiger partial charge is 0.117 e. The molecular weight excluding hydrogens is 257 g/mol. The molecule has 0 fully saturated rings. The molecule has 0 saturated carbocycles. The van der Waals surface area contributed by atoms with Crippen LogP contribution in [0.15, 0.2) is 34.7 Å². The van der Waals surface area contributed by atoms with E-state index in [0.717, 1.165) is 17.1 Å². The van der Waals surface area contributed by atoms with E-state index < -0.39 is 0 Å². The van der Waals surface area contributed by atoms with Gasteiger partial charge in [-0.2, -0.15) is 0 Å². The Hall–Kier alpha value is -0.960. The van der Waals surface area contributed by atoms with Crippen molar-refractivity contribution in [1.82, 2.24) is 5.32 Å². The van der Waals surface area contributed by atoms with Crippen LogP contribution < -0.4 is 5.32 Å². The van der Waals surface area contributed by atoms with Crippen molar-refractivity contribution in [2.24, 2.45) is 0 Å². The topological polar surface area (TPSA) is 25.2 Å². The van der Waals surface area contributed by atoms with E-state index >= 15 is 0 Å². The molecule has 0 bridgehead atoms. The summed E-state index contributed by atoms with van der Waals surface area (Å²) in [5.41, 5.74) is 0.916. The molecule has 1 aromatic heterocycles. The Morgan fingerprint density at radius 1 is 1.06 bits per heavy atom. The Bertz CT molecular complexity index is 488. The van der Waals surface area contributed by atoms with Crippen molar-refractivity contribution in [3.05, 3.63) is 57.5 Å². The maximum atomic E-state index is 6.07. The van der Waals surface area contributed by atoms with Crippen LogP contribution in [0.1, 0.15) is 17.1 Å². The van der Waals surface area contributed by atoms with E-state index in [1.807, 2.05) is 37.3 Å². The summed E-state index contributed by atoms with van der Waals surface area (Å²) in [5, 5.41) is 4.61. The second-order valence-corrected chi connectivity index (χ2v) is 4.63. The van der Waals surface area contributed by atoms with Crippen LogP contribution in [0.5, 0.6) is 0 Å². The number of aryl methyl sites for hydroxylation is 1. The SMILES string of the molecule is Cc1ccc(CNCc2c(Cl)cccc2Cl)o1. The first-order valence-electron chi connectivity index (χ1n) is 5.36. The number of nitrogens with one attached hydrogen (secondary N) is 1. The lowest BCUT2D eigenvalue weighted by Crippen LogP contribution is -2.12. The van der Waals surface area contributed by atoms with Gasteiger partial charge in [-0.1, -0.05) is 29.3 Å². The standard InChI is InChI=1S/C13H13Cl2NO/c1-9-5-6-10(17-9)7-16-8-11-12(14)3-2-4-13(11)15/h2-6,16H,7-8H2,1H3. The zero-order valence-corrected chi connectivity index (χ0v) is 11.0. The summed E-state index contributed by atoms with van der Waals surface area (Å²) >= 11 is 12.1. The van der Waals surface area contributed by atoms with Crippen molar-refractivity contribution in [2.75, 3.05) is 0 Å². The number of benzene rings is 1. The van der Waals surface area contributed by atoms with E-state index in [2.05, 4.69) is 5.32 Å². The second kappa shape index (κ2) is 5.58. The first-order chi connectivity index (χ1) is 8.16. The van der Waals surface area contributed by atoms with Gasteiger partial charge in [-0.05, 0) is 31.2 Å². The largest absolute Gasteiger partial charge is 0.465 e. The number of hydrogen-bond donors (Lipinski definition) is 1. The van der Waals surface area contributed by atoms with Crippen LogP contribution in [0.3, 0.4) is 0 Å². The van der Waals surface area contributed by atoms with Crippen LogP contribution in [-0.2, 0) is 13.1 Å². The molecular formula is C13H13Cl2NO. The fourth-order valence-corrected chi connectivity index (χ4v) is 2.12. The van der Waals surface area contributed by atoms with Gasteiger partial charge in [0, 0.05) is 22.2 Å². The molecule has 2 nitrogen and oxygen atoms in total. The average molecular weight is 270 g/mol. The van der Waals surface area contributed by atoms with Gasteiger partial charge in [-0.3, -0.25) is 0 Å². The summed E-state index contributed by atoms with van der Waals surface area (Å²) in [6.45, 7) is 3.21. The minimum absolute atomic E-state index is 0.623. The molecule has 2 aromatic rings. The third-order valence-corrected chi connectivity index (χ3v) is 3.17. The van der Waals surface area contributed by atoms with E-state index in [9.17, 15) is 0 Å². The van der Waals surface area contributed by atoms with Crippen LogP contribution in [0.2, 0.25) is 10.0 Å². The molecule has 0 radical (unpaired) electrons. The van der Waals surface area contributed by atoms with Crippen molar-refractivity contribution < 1.29 is 4.42 Å². The molecule has 0 atom stereocenters. The predicted molar refractivity (Wildman–Crippen MR) is 70.5 cm³/mol. The molecule has 2 rings (SSSR count). The van der Waals surface area contributed by atoms with Crippen molar-refractivity contribution in [2.45, 2.75) is 20.0 Å². The fraction of sp³-hybridized carbons (Fsp3) is 0.231. The summed E-state index contributed by atoms with van der Waals surface area (Å²) in [6, 6.07) is 9.41. The minimum atomic E-state index is 0.623. The third kappa shape index (κ3) is 3.25. The number of furan rings is 1. The lowest BCUT2D eigenvalue weighted by molar-refractivity contribution is 0.462. The van der Waals surface area contributed by atoms with E-state index in [4.69, 9.17) is 27.6 Å². The fourth-order valence-electron chi connectivity index (χ4n) is 1.59. The Balaban J connectivity index is 1.94. The van der Waals surface area contributed by atoms with Gasteiger partial charge >= 0.3 is 0 Å². The molecule has 0 unspecified atom stereocenters. The molecule has 0 amide bonds. The summed E-state index contributed by atoms with van der Waals surface area (Å²) in [7, 11) is 0. The number of hydrogen-bond acceptors (Lipinski definition) is 2. The summed E-state index contributed by atoms with van der Waals surface area (Å²) < 4.78 is 5.45. The monoisotopic (exact) mass is 269 g/mol. The molecule has 0 aliphatic rings. The van der Waals surface area contributed by atoms with Crippen molar-refractivity contribution >= 4 is 23.2 Å². The van der Waals surface area contributed by atoms with Crippen LogP contribution >= 0.6 is 23.2 Å². The van der Waals surface area contributed by atoms with Gasteiger partial charge in [-0.15, -0.1) is 0 Å². The molecule has 17 heavy (non-hydrogen) atoms. The molecule has 0 spiro atoms. The molecule has 1 heterocycles. The Morgan fingerprint density at radius 2 is 1.76 bits per heavy atom. The first-order valence-corrected chi connectivity index (χ1v) is 6.11. The van der Waals surface area contributed by atoms with E-state index in [1.165, 1.54) is 0 Å². The molecule has 0 aliphatic heterocycles. The van der Waals surface area contributed by atoms with Gasteiger partial charge in [0.05, 0.1) is 6.54 Å². The van der Waals surface area contributed by atoms with Gasteiger partial charge < -0.3 is 9.73 Å². The highest BCUT2D eigenvalue weighted by molar-refractivity contribution is 6.35. The summed E-state index contributed by atoms with van der Waals surface area (Å²) in [4.78, 5) is 0. The van der Waals surface area contributed by atoms with Gasteiger partial charge in [0.1, 0.15) is 11.5 Å². The number of halogens is 2.